The third kappa shape index (κ3) is 2.21. The van der Waals surface area contributed by atoms with Crippen LogP contribution in [0, 0.1) is 5.92 Å². The molecule has 2 unspecified atom stereocenters. The lowest BCUT2D eigenvalue weighted by atomic mass is 9.81. The van der Waals surface area contributed by atoms with Crippen molar-refractivity contribution in [3.05, 3.63) is 29.8 Å². The van der Waals surface area contributed by atoms with Crippen molar-refractivity contribution in [1.29, 1.82) is 0 Å². The highest BCUT2D eigenvalue weighted by Crippen LogP contribution is 2.39. The van der Waals surface area contributed by atoms with E-state index in [0.717, 1.165) is 38.0 Å². The minimum Gasteiger partial charge on any atom is -0.493 e. The number of carbonyl (C=O) groups is 1. The quantitative estimate of drug-likeness (QED) is 0.779. The Balaban J connectivity index is 1.69. The number of ether oxygens (including phenoxy) is 1. The van der Waals surface area contributed by atoms with Crippen LogP contribution in [-0.4, -0.2) is 12.4 Å². The first kappa shape index (κ1) is 10.8. The van der Waals surface area contributed by atoms with Crippen molar-refractivity contribution in [2.24, 2.45) is 5.92 Å². The van der Waals surface area contributed by atoms with Gasteiger partial charge in [0.2, 0.25) is 0 Å². The Morgan fingerprint density at radius 2 is 2.18 bits per heavy atom. The van der Waals surface area contributed by atoms with Crippen molar-refractivity contribution < 1.29 is 9.53 Å². The van der Waals surface area contributed by atoms with E-state index in [1.807, 2.05) is 12.1 Å². The fourth-order valence-electron chi connectivity index (χ4n) is 3.14. The Morgan fingerprint density at radius 1 is 1.29 bits per heavy atom. The second-order valence-electron chi connectivity index (χ2n) is 5.28. The van der Waals surface area contributed by atoms with Gasteiger partial charge in [0.15, 0.2) is 0 Å². The van der Waals surface area contributed by atoms with Gasteiger partial charge in [-0.05, 0) is 31.2 Å². The first-order valence-corrected chi connectivity index (χ1v) is 6.56. The van der Waals surface area contributed by atoms with E-state index in [1.54, 1.807) is 0 Å². The molecule has 2 heteroatoms. The summed E-state index contributed by atoms with van der Waals surface area (Å²) in [5.41, 5.74) is 1.34. The molecule has 1 aliphatic carbocycles. The van der Waals surface area contributed by atoms with E-state index in [9.17, 15) is 4.79 Å². The fraction of sp³-hybridized carbons (Fsp3) is 0.533. The monoisotopic (exact) mass is 230 g/mol. The molecule has 0 radical (unpaired) electrons. The van der Waals surface area contributed by atoms with Gasteiger partial charge in [0.1, 0.15) is 11.5 Å². The number of carbonyl (C=O) groups excluding carboxylic acids is 1. The molecular formula is C15H18O2. The molecule has 17 heavy (non-hydrogen) atoms. The number of hydrogen-bond acceptors (Lipinski definition) is 2. The SMILES string of the molecule is O=C1CCCC(CC2COc3ccccc32)C1. The Bertz CT molecular complexity index is 425. The lowest BCUT2D eigenvalue weighted by Crippen LogP contribution is -2.18. The highest BCUT2D eigenvalue weighted by Gasteiger charge is 2.28. The number of Topliss-reactive ketones (excluding diaryl/α,β-unsaturated/α-hetero) is 1. The summed E-state index contributed by atoms with van der Waals surface area (Å²) >= 11 is 0. The molecule has 0 amide bonds. The van der Waals surface area contributed by atoms with E-state index in [-0.39, 0.29) is 0 Å². The molecule has 0 N–H and O–H groups in total. The minimum absolute atomic E-state index is 0.452. The molecule has 0 spiro atoms. The van der Waals surface area contributed by atoms with Gasteiger partial charge in [-0.25, -0.2) is 0 Å². The zero-order chi connectivity index (χ0) is 11.7. The van der Waals surface area contributed by atoms with Crippen LogP contribution in [0.15, 0.2) is 24.3 Å². The zero-order valence-corrected chi connectivity index (χ0v) is 10.0. The fourth-order valence-corrected chi connectivity index (χ4v) is 3.14. The molecule has 1 aromatic carbocycles. The summed E-state index contributed by atoms with van der Waals surface area (Å²) in [6.45, 7) is 0.796. The molecule has 0 bridgehead atoms. The predicted octanol–water partition coefficient (Wildman–Crippen LogP) is 3.31. The summed E-state index contributed by atoms with van der Waals surface area (Å²) in [6.07, 6.45) is 5.00. The van der Waals surface area contributed by atoms with Crippen molar-refractivity contribution in [2.45, 2.75) is 38.0 Å². The number of para-hydroxylation sites is 1. The van der Waals surface area contributed by atoms with Gasteiger partial charge in [-0.15, -0.1) is 0 Å². The lowest BCUT2D eigenvalue weighted by Gasteiger charge is -2.23. The van der Waals surface area contributed by atoms with Gasteiger partial charge in [0.25, 0.3) is 0 Å². The molecule has 90 valence electrons. The average molecular weight is 230 g/mol. The molecule has 1 aliphatic heterocycles. The minimum atomic E-state index is 0.452. The Morgan fingerprint density at radius 3 is 3.06 bits per heavy atom. The van der Waals surface area contributed by atoms with Gasteiger partial charge in [-0.3, -0.25) is 4.79 Å². The van der Waals surface area contributed by atoms with Gasteiger partial charge in [-0.1, -0.05) is 18.2 Å². The van der Waals surface area contributed by atoms with Crippen LogP contribution in [0.25, 0.3) is 0 Å². The molecule has 1 saturated carbocycles. The van der Waals surface area contributed by atoms with E-state index < -0.39 is 0 Å². The summed E-state index contributed by atoms with van der Waals surface area (Å²) in [5, 5.41) is 0. The predicted molar refractivity (Wildman–Crippen MR) is 66.3 cm³/mol. The Hall–Kier alpha value is -1.31. The molecular weight excluding hydrogens is 212 g/mol. The Labute approximate surface area is 102 Å². The van der Waals surface area contributed by atoms with Crippen molar-refractivity contribution in [3.63, 3.8) is 0 Å². The summed E-state index contributed by atoms with van der Waals surface area (Å²) in [6, 6.07) is 8.30. The maximum absolute atomic E-state index is 11.5. The van der Waals surface area contributed by atoms with Gasteiger partial charge in [0.05, 0.1) is 6.61 Å². The van der Waals surface area contributed by atoms with Crippen LogP contribution >= 0.6 is 0 Å². The zero-order valence-electron chi connectivity index (χ0n) is 10.0. The summed E-state index contributed by atoms with van der Waals surface area (Å²) in [5.74, 6) is 2.58. The average Bonchev–Trinajstić information content (AvgIpc) is 2.73. The third-order valence-electron chi connectivity index (χ3n) is 4.00. The number of rotatable bonds is 2. The summed E-state index contributed by atoms with van der Waals surface area (Å²) in [4.78, 5) is 11.5. The maximum Gasteiger partial charge on any atom is 0.133 e. The molecule has 1 aromatic rings. The molecule has 1 fully saturated rings. The number of ketones is 1. The van der Waals surface area contributed by atoms with Gasteiger partial charge in [-0.2, -0.15) is 0 Å². The van der Waals surface area contributed by atoms with Crippen molar-refractivity contribution in [2.75, 3.05) is 6.61 Å². The van der Waals surface area contributed by atoms with E-state index in [2.05, 4.69) is 12.1 Å². The molecule has 0 saturated heterocycles. The van der Waals surface area contributed by atoms with Crippen molar-refractivity contribution >= 4 is 5.78 Å². The van der Waals surface area contributed by atoms with Crippen LogP contribution < -0.4 is 4.74 Å². The second-order valence-corrected chi connectivity index (χ2v) is 5.28. The van der Waals surface area contributed by atoms with Crippen LogP contribution in [0.5, 0.6) is 5.75 Å². The second kappa shape index (κ2) is 4.52. The van der Waals surface area contributed by atoms with Crippen molar-refractivity contribution in [3.8, 4) is 5.75 Å². The topological polar surface area (TPSA) is 26.3 Å². The van der Waals surface area contributed by atoms with Gasteiger partial charge >= 0.3 is 0 Å². The van der Waals surface area contributed by atoms with Crippen LogP contribution in [0.1, 0.15) is 43.6 Å². The van der Waals surface area contributed by atoms with Crippen LogP contribution in [0.3, 0.4) is 0 Å². The maximum atomic E-state index is 11.5. The van der Waals surface area contributed by atoms with Gasteiger partial charge in [0, 0.05) is 24.3 Å². The van der Waals surface area contributed by atoms with Crippen molar-refractivity contribution in [1.82, 2.24) is 0 Å². The van der Waals surface area contributed by atoms with Crippen LogP contribution in [-0.2, 0) is 4.79 Å². The summed E-state index contributed by atoms with van der Waals surface area (Å²) < 4.78 is 5.69. The largest absolute Gasteiger partial charge is 0.493 e. The molecule has 3 rings (SSSR count). The number of fused-ring (bicyclic) bond motifs is 1. The van der Waals surface area contributed by atoms with Crippen LogP contribution in [0.2, 0.25) is 0 Å². The first-order chi connectivity index (χ1) is 8.33. The normalized spacial score (nSPS) is 27.6. The van der Waals surface area contributed by atoms with E-state index >= 15 is 0 Å². The molecule has 2 atom stereocenters. The smallest absolute Gasteiger partial charge is 0.133 e. The van der Waals surface area contributed by atoms with E-state index in [4.69, 9.17) is 4.74 Å². The molecule has 2 nitrogen and oxygen atoms in total. The molecule has 2 aliphatic rings. The number of benzene rings is 1. The van der Waals surface area contributed by atoms with E-state index in [0.29, 0.717) is 17.6 Å². The third-order valence-corrected chi connectivity index (χ3v) is 4.00. The standard InChI is InChI=1S/C15H18O2/c16-13-5-3-4-11(9-13)8-12-10-17-15-7-2-1-6-14(12)15/h1-2,6-7,11-12H,3-5,8-10H2. The van der Waals surface area contributed by atoms with Gasteiger partial charge < -0.3 is 4.74 Å². The molecule has 1 heterocycles. The van der Waals surface area contributed by atoms with E-state index in [1.165, 1.54) is 12.0 Å². The van der Waals surface area contributed by atoms with Crippen LogP contribution in [0.4, 0.5) is 0 Å². The Kier molecular flexibility index (Phi) is 2.87. The lowest BCUT2D eigenvalue weighted by molar-refractivity contribution is -0.121. The molecule has 0 aromatic heterocycles. The first-order valence-electron chi connectivity index (χ1n) is 6.56. The highest BCUT2D eigenvalue weighted by molar-refractivity contribution is 5.79. The summed E-state index contributed by atoms with van der Waals surface area (Å²) in [7, 11) is 0. The number of hydrogen-bond donors (Lipinski definition) is 0. The highest BCUT2D eigenvalue weighted by atomic mass is 16.5.